The van der Waals surface area contributed by atoms with Crippen LogP contribution >= 0.6 is 0 Å². The smallest absolute Gasteiger partial charge is 0.310 e. The lowest BCUT2D eigenvalue weighted by Gasteiger charge is -2.11. The van der Waals surface area contributed by atoms with Crippen LogP contribution in [0.4, 0.5) is 0 Å². The molecule has 0 bridgehead atoms. The predicted molar refractivity (Wildman–Crippen MR) is 35.7 cm³/mol. The predicted octanol–water partition coefficient (Wildman–Crippen LogP) is 0.253. The van der Waals surface area contributed by atoms with Crippen LogP contribution in [-0.4, -0.2) is 24.1 Å². The van der Waals surface area contributed by atoms with E-state index in [4.69, 9.17) is 9.47 Å². The van der Waals surface area contributed by atoms with Crippen molar-refractivity contribution in [2.24, 2.45) is 0 Å². The second-order valence-electron chi connectivity index (χ2n) is 2.55. The standard InChI is InChI=1S/C7H10O4/c1-4-6(11-5(2)8)3-7(9)10-4/h4,6H,3H2,1-2H3/t4-,6-/m1/s1. The molecule has 0 N–H and O–H groups in total. The maximum atomic E-state index is 10.6. The van der Waals surface area contributed by atoms with Gasteiger partial charge in [0.1, 0.15) is 12.2 Å². The van der Waals surface area contributed by atoms with E-state index in [0.29, 0.717) is 0 Å². The van der Waals surface area contributed by atoms with Crippen LogP contribution in [0, 0.1) is 0 Å². The zero-order chi connectivity index (χ0) is 8.43. The molecule has 4 heteroatoms. The average Bonchev–Trinajstić information content (AvgIpc) is 2.09. The van der Waals surface area contributed by atoms with Crippen molar-refractivity contribution in [1.82, 2.24) is 0 Å². The van der Waals surface area contributed by atoms with Crippen LogP contribution in [-0.2, 0) is 19.1 Å². The van der Waals surface area contributed by atoms with Gasteiger partial charge in [-0.3, -0.25) is 9.59 Å². The Morgan fingerprint density at radius 3 is 2.73 bits per heavy atom. The highest BCUT2D eigenvalue weighted by atomic mass is 16.6. The lowest BCUT2D eigenvalue weighted by Crippen LogP contribution is -2.23. The summed E-state index contributed by atoms with van der Waals surface area (Å²) in [5, 5.41) is 0. The van der Waals surface area contributed by atoms with E-state index in [1.165, 1.54) is 6.92 Å². The van der Waals surface area contributed by atoms with Crippen LogP contribution in [0.2, 0.25) is 0 Å². The summed E-state index contributed by atoms with van der Waals surface area (Å²) >= 11 is 0. The van der Waals surface area contributed by atoms with Gasteiger partial charge < -0.3 is 9.47 Å². The molecule has 0 radical (unpaired) electrons. The summed E-state index contributed by atoms with van der Waals surface area (Å²) in [6.07, 6.45) is -0.507. The third-order valence-corrected chi connectivity index (χ3v) is 1.53. The maximum absolute atomic E-state index is 10.6. The molecular formula is C7H10O4. The molecular weight excluding hydrogens is 148 g/mol. The zero-order valence-corrected chi connectivity index (χ0v) is 6.49. The summed E-state index contributed by atoms with van der Waals surface area (Å²) in [6, 6.07) is 0. The molecule has 1 heterocycles. The van der Waals surface area contributed by atoms with E-state index in [-0.39, 0.29) is 30.6 Å². The molecule has 4 nitrogen and oxygen atoms in total. The third-order valence-electron chi connectivity index (χ3n) is 1.53. The number of carbonyl (C=O) groups excluding carboxylic acids is 2. The van der Waals surface area contributed by atoms with E-state index in [1.807, 2.05) is 0 Å². The van der Waals surface area contributed by atoms with Gasteiger partial charge in [0.05, 0.1) is 6.42 Å². The molecule has 1 aliphatic heterocycles. The van der Waals surface area contributed by atoms with Gasteiger partial charge in [-0.1, -0.05) is 0 Å². The first-order valence-electron chi connectivity index (χ1n) is 3.46. The van der Waals surface area contributed by atoms with Gasteiger partial charge >= 0.3 is 11.9 Å². The molecule has 0 aromatic carbocycles. The van der Waals surface area contributed by atoms with Gasteiger partial charge in [-0.05, 0) is 6.92 Å². The number of cyclic esters (lactones) is 1. The number of hydrogen-bond acceptors (Lipinski definition) is 4. The van der Waals surface area contributed by atoms with Crippen molar-refractivity contribution in [3.63, 3.8) is 0 Å². The highest BCUT2D eigenvalue weighted by Gasteiger charge is 2.33. The van der Waals surface area contributed by atoms with Crippen molar-refractivity contribution >= 4 is 11.9 Å². The summed E-state index contributed by atoms with van der Waals surface area (Å²) in [6.45, 7) is 3.02. The molecule has 0 spiro atoms. The molecule has 62 valence electrons. The van der Waals surface area contributed by atoms with Gasteiger partial charge in [0.15, 0.2) is 0 Å². The third kappa shape index (κ3) is 1.93. The van der Waals surface area contributed by atoms with E-state index < -0.39 is 0 Å². The second kappa shape index (κ2) is 2.90. The van der Waals surface area contributed by atoms with Gasteiger partial charge in [0.25, 0.3) is 0 Å². The van der Waals surface area contributed by atoms with Crippen molar-refractivity contribution in [3.05, 3.63) is 0 Å². The largest absolute Gasteiger partial charge is 0.459 e. The Bertz CT molecular complexity index is 187. The van der Waals surface area contributed by atoms with Crippen molar-refractivity contribution in [2.45, 2.75) is 32.5 Å². The van der Waals surface area contributed by atoms with Crippen molar-refractivity contribution in [1.29, 1.82) is 0 Å². The number of rotatable bonds is 1. The summed E-state index contributed by atoms with van der Waals surface area (Å²) in [5.74, 6) is -0.677. The number of esters is 2. The minimum absolute atomic E-state index is 0.181. The van der Waals surface area contributed by atoms with Crippen LogP contribution in [0.25, 0.3) is 0 Å². The Morgan fingerprint density at radius 2 is 2.36 bits per heavy atom. The van der Waals surface area contributed by atoms with Crippen LogP contribution in [0.15, 0.2) is 0 Å². The minimum Gasteiger partial charge on any atom is -0.459 e. The van der Waals surface area contributed by atoms with E-state index in [9.17, 15) is 9.59 Å². The summed E-state index contributed by atoms with van der Waals surface area (Å²) in [7, 11) is 0. The average molecular weight is 158 g/mol. The molecule has 0 amide bonds. The van der Waals surface area contributed by atoms with Gasteiger partial charge in [-0.2, -0.15) is 0 Å². The number of ether oxygens (including phenoxy) is 2. The molecule has 1 saturated heterocycles. The molecule has 0 unspecified atom stereocenters. The van der Waals surface area contributed by atoms with Gasteiger partial charge in [-0.25, -0.2) is 0 Å². The van der Waals surface area contributed by atoms with E-state index >= 15 is 0 Å². The number of carbonyl (C=O) groups is 2. The first-order chi connectivity index (χ1) is 5.09. The van der Waals surface area contributed by atoms with Crippen LogP contribution in [0.1, 0.15) is 20.3 Å². The van der Waals surface area contributed by atoms with Crippen LogP contribution in [0.5, 0.6) is 0 Å². The molecule has 1 rings (SSSR count). The van der Waals surface area contributed by atoms with Gasteiger partial charge in [-0.15, -0.1) is 0 Å². The lowest BCUT2D eigenvalue weighted by molar-refractivity contribution is -0.149. The molecule has 0 aromatic rings. The normalized spacial score (nSPS) is 29.8. The Hall–Kier alpha value is -1.06. The Labute approximate surface area is 64.5 Å². The molecule has 0 saturated carbocycles. The van der Waals surface area contributed by atoms with Crippen LogP contribution in [0.3, 0.4) is 0 Å². The molecule has 2 atom stereocenters. The molecule has 0 aliphatic carbocycles. The fourth-order valence-electron chi connectivity index (χ4n) is 1.01. The van der Waals surface area contributed by atoms with Gasteiger partial charge in [0.2, 0.25) is 0 Å². The lowest BCUT2D eigenvalue weighted by atomic mass is 10.2. The highest BCUT2D eigenvalue weighted by Crippen LogP contribution is 2.17. The summed E-state index contributed by atoms with van der Waals surface area (Å²) < 4.78 is 9.57. The zero-order valence-electron chi connectivity index (χ0n) is 6.49. The van der Waals surface area contributed by atoms with E-state index in [0.717, 1.165) is 0 Å². The fourth-order valence-corrected chi connectivity index (χ4v) is 1.01. The van der Waals surface area contributed by atoms with Crippen molar-refractivity contribution in [2.75, 3.05) is 0 Å². The van der Waals surface area contributed by atoms with Gasteiger partial charge in [0, 0.05) is 6.92 Å². The fraction of sp³-hybridized carbons (Fsp3) is 0.714. The van der Waals surface area contributed by atoms with Crippen LogP contribution < -0.4 is 0 Å². The quantitative estimate of drug-likeness (QED) is 0.513. The highest BCUT2D eigenvalue weighted by molar-refractivity contribution is 5.74. The topological polar surface area (TPSA) is 52.6 Å². The Kier molecular flexibility index (Phi) is 2.12. The van der Waals surface area contributed by atoms with Crippen molar-refractivity contribution in [3.8, 4) is 0 Å². The molecule has 11 heavy (non-hydrogen) atoms. The second-order valence-corrected chi connectivity index (χ2v) is 2.55. The molecule has 1 aliphatic rings. The first kappa shape index (κ1) is 8.04. The first-order valence-corrected chi connectivity index (χ1v) is 3.46. The summed E-state index contributed by atoms with van der Waals surface area (Å²) in [5.41, 5.74) is 0. The maximum Gasteiger partial charge on any atom is 0.310 e. The summed E-state index contributed by atoms with van der Waals surface area (Å²) in [4.78, 5) is 21.1. The Balaban J connectivity index is 2.46. The molecule has 1 fully saturated rings. The van der Waals surface area contributed by atoms with E-state index in [1.54, 1.807) is 6.92 Å². The molecule has 0 aromatic heterocycles. The minimum atomic E-state index is -0.389. The Morgan fingerprint density at radius 1 is 1.73 bits per heavy atom. The SMILES string of the molecule is CC(=O)O[C@@H]1CC(=O)O[C@@H]1C. The monoisotopic (exact) mass is 158 g/mol. The van der Waals surface area contributed by atoms with Crippen molar-refractivity contribution < 1.29 is 19.1 Å². The number of hydrogen-bond donors (Lipinski definition) is 0. The van der Waals surface area contributed by atoms with E-state index in [2.05, 4.69) is 0 Å².